The molecule has 5 heteroatoms. The van der Waals surface area contributed by atoms with Gasteiger partial charge in [-0.25, -0.2) is 4.79 Å². The van der Waals surface area contributed by atoms with Gasteiger partial charge in [-0.05, 0) is 51.1 Å². The van der Waals surface area contributed by atoms with E-state index in [1.807, 2.05) is 0 Å². The van der Waals surface area contributed by atoms with E-state index in [0.717, 1.165) is 38.4 Å². The summed E-state index contributed by atoms with van der Waals surface area (Å²) in [6.07, 6.45) is 8.63. The highest BCUT2D eigenvalue weighted by molar-refractivity contribution is 5.64. The summed E-state index contributed by atoms with van der Waals surface area (Å²) in [5.74, 6) is 0.790. The van der Waals surface area contributed by atoms with E-state index < -0.39 is 6.09 Å². The molecule has 0 aliphatic heterocycles. The fourth-order valence-corrected chi connectivity index (χ4v) is 3.49. The minimum absolute atomic E-state index is 0.227. The minimum atomic E-state index is -0.799. The third kappa shape index (κ3) is 6.97. The first-order chi connectivity index (χ1) is 10.6. The van der Waals surface area contributed by atoms with E-state index in [9.17, 15) is 4.79 Å². The first-order valence-corrected chi connectivity index (χ1v) is 8.87. The third-order valence-electron chi connectivity index (χ3n) is 5.12. The number of rotatable bonds is 10. The molecule has 5 nitrogen and oxygen atoms in total. The average molecular weight is 314 g/mol. The normalized spacial score (nSPS) is 22.0. The van der Waals surface area contributed by atoms with Crippen LogP contribution in [0.1, 0.15) is 58.3 Å². The molecule has 0 bridgehead atoms. The predicted octanol–water partition coefficient (Wildman–Crippen LogP) is 3.03. The van der Waals surface area contributed by atoms with Crippen LogP contribution in [0.3, 0.4) is 0 Å². The van der Waals surface area contributed by atoms with Gasteiger partial charge in [0.1, 0.15) is 0 Å². The number of unbranched alkanes of at least 4 members (excludes halogenated alkanes) is 2. The van der Waals surface area contributed by atoms with Crippen LogP contribution >= 0.6 is 0 Å². The zero-order valence-corrected chi connectivity index (χ0v) is 14.3. The number of hydrogen-bond acceptors (Lipinski definition) is 3. The van der Waals surface area contributed by atoms with Crippen molar-refractivity contribution in [1.29, 1.82) is 0 Å². The van der Waals surface area contributed by atoms with Crippen molar-refractivity contribution >= 4 is 6.09 Å². The Labute approximate surface area is 135 Å². The molecule has 1 aliphatic carbocycles. The van der Waals surface area contributed by atoms with Gasteiger partial charge in [-0.1, -0.05) is 26.2 Å². The largest absolute Gasteiger partial charge is 0.465 e. The van der Waals surface area contributed by atoms with Crippen molar-refractivity contribution in [3.8, 4) is 0 Å². The van der Waals surface area contributed by atoms with Gasteiger partial charge in [0.2, 0.25) is 0 Å². The van der Waals surface area contributed by atoms with E-state index in [1.54, 1.807) is 7.05 Å². The fourth-order valence-electron chi connectivity index (χ4n) is 3.49. The summed E-state index contributed by atoms with van der Waals surface area (Å²) in [6, 6.07) is 0.227. The molecule has 0 aromatic heterocycles. The van der Waals surface area contributed by atoms with E-state index in [1.165, 1.54) is 43.4 Å². The van der Waals surface area contributed by atoms with Crippen molar-refractivity contribution in [2.75, 3.05) is 33.3 Å². The van der Waals surface area contributed by atoms with Crippen LogP contribution in [0.5, 0.6) is 0 Å². The highest BCUT2D eigenvalue weighted by atomic mass is 16.4. The molecule has 0 atom stereocenters. The summed E-state index contributed by atoms with van der Waals surface area (Å²) < 4.78 is 0. The third-order valence-corrected chi connectivity index (χ3v) is 5.12. The maximum Gasteiger partial charge on any atom is 0.407 e. The summed E-state index contributed by atoms with van der Waals surface area (Å²) in [6.45, 7) is 5.29. The van der Waals surface area contributed by atoms with Crippen LogP contribution in [0, 0.1) is 5.92 Å². The van der Waals surface area contributed by atoms with Crippen LogP contribution in [0.2, 0.25) is 0 Å². The number of hydrogen-bond donors (Lipinski definition) is 2. The number of carboxylic acid groups (broad SMARTS) is 1. The van der Waals surface area contributed by atoms with Crippen molar-refractivity contribution in [3.05, 3.63) is 0 Å². The Bertz CT molecular complexity index is 304. The fraction of sp³-hybridized carbons (Fsp3) is 0.941. The molecule has 1 fully saturated rings. The molecule has 1 amide bonds. The Hall–Kier alpha value is -0.810. The molecule has 0 aromatic carbocycles. The van der Waals surface area contributed by atoms with Crippen molar-refractivity contribution in [2.24, 2.45) is 5.92 Å². The Morgan fingerprint density at radius 2 is 1.77 bits per heavy atom. The van der Waals surface area contributed by atoms with Crippen molar-refractivity contribution in [2.45, 2.75) is 64.3 Å². The van der Waals surface area contributed by atoms with Crippen LogP contribution in [-0.2, 0) is 0 Å². The summed E-state index contributed by atoms with van der Waals surface area (Å²) in [4.78, 5) is 14.7. The van der Waals surface area contributed by atoms with E-state index in [0.29, 0.717) is 0 Å². The van der Waals surface area contributed by atoms with Gasteiger partial charge in [-0.15, -0.1) is 0 Å². The van der Waals surface area contributed by atoms with Gasteiger partial charge in [0.25, 0.3) is 0 Å². The smallest absolute Gasteiger partial charge is 0.407 e. The highest BCUT2D eigenvalue weighted by Crippen LogP contribution is 2.30. The van der Waals surface area contributed by atoms with Crippen LogP contribution in [0.4, 0.5) is 4.79 Å². The predicted molar refractivity (Wildman–Crippen MR) is 89.2 cm³/mol. The van der Waals surface area contributed by atoms with Gasteiger partial charge in [0.05, 0.1) is 6.61 Å². The monoisotopic (exact) mass is 314 g/mol. The minimum Gasteiger partial charge on any atom is -0.465 e. The number of aliphatic hydroxyl groups is 1. The second kappa shape index (κ2) is 10.8. The molecule has 22 heavy (non-hydrogen) atoms. The number of likely N-dealkylation sites (N-methyl/N-ethyl adjacent to an activating group) is 1. The molecule has 1 rings (SSSR count). The molecule has 0 radical (unpaired) electrons. The van der Waals surface area contributed by atoms with Gasteiger partial charge in [-0.2, -0.15) is 0 Å². The summed E-state index contributed by atoms with van der Waals surface area (Å²) in [7, 11) is 1.69. The quantitative estimate of drug-likeness (QED) is 0.608. The molecule has 0 saturated heterocycles. The molecule has 1 saturated carbocycles. The van der Waals surface area contributed by atoms with Crippen molar-refractivity contribution < 1.29 is 15.0 Å². The van der Waals surface area contributed by atoms with E-state index in [4.69, 9.17) is 10.2 Å². The van der Waals surface area contributed by atoms with Crippen molar-refractivity contribution in [1.82, 2.24) is 9.80 Å². The topological polar surface area (TPSA) is 64.0 Å². The van der Waals surface area contributed by atoms with Crippen LogP contribution < -0.4 is 0 Å². The first kappa shape index (κ1) is 19.2. The van der Waals surface area contributed by atoms with Gasteiger partial charge >= 0.3 is 6.09 Å². The molecule has 2 N–H and O–H groups in total. The molecular weight excluding hydrogens is 280 g/mol. The molecule has 0 aromatic rings. The Balaban J connectivity index is 2.06. The van der Waals surface area contributed by atoms with Crippen LogP contribution in [0.15, 0.2) is 0 Å². The lowest BCUT2D eigenvalue weighted by Crippen LogP contribution is -2.38. The average Bonchev–Trinajstić information content (AvgIpc) is 2.53. The second-order valence-corrected chi connectivity index (χ2v) is 6.58. The van der Waals surface area contributed by atoms with Crippen LogP contribution in [0.25, 0.3) is 0 Å². The van der Waals surface area contributed by atoms with Gasteiger partial charge in [0, 0.05) is 19.6 Å². The highest BCUT2D eigenvalue weighted by Gasteiger charge is 2.25. The summed E-state index contributed by atoms with van der Waals surface area (Å²) in [5.41, 5.74) is 0. The number of amides is 1. The summed E-state index contributed by atoms with van der Waals surface area (Å²) >= 11 is 0. The van der Waals surface area contributed by atoms with Crippen molar-refractivity contribution in [3.63, 3.8) is 0 Å². The maximum absolute atomic E-state index is 11.0. The van der Waals surface area contributed by atoms with Crippen LogP contribution in [-0.4, -0.2) is 65.4 Å². The molecular formula is C17H34N2O3. The van der Waals surface area contributed by atoms with E-state index in [2.05, 4.69) is 11.8 Å². The first-order valence-electron chi connectivity index (χ1n) is 8.87. The maximum atomic E-state index is 11.0. The Kier molecular flexibility index (Phi) is 9.48. The van der Waals surface area contributed by atoms with Gasteiger partial charge in [-0.3, -0.25) is 0 Å². The standard InChI is InChI=1S/C17H34N2O3/c1-3-19(13-14-20)12-6-4-5-7-15-8-10-16(11-9-15)18(2)17(21)22/h15-16,20H,3-14H2,1-2H3,(H,21,22)/t15-,16-. The number of aliphatic hydroxyl groups excluding tert-OH is 1. The Morgan fingerprint density at radius 1 is 1.09 bits per heavy atom. The van der Waals surface area contributed by atoms with Gasteiger partial charge < -0.3 is 20.0 Å². The number of nitrogens with zero attached hydrogens (tertiary/aromatic N) is 2. The number of carbonyl (C=O) groups is 1. The zero-order chi connectivity index (χ0) is 16.4. The Morgan fingerprint density at radius 3 is 2.32 bits per heavy atom. The zero-order valence-electron chi connectivity index (χ0n) is 14.3. The lowest BCUT2D eigenvalue weighted by atomic mass is 9.82. The van der Waals surface area contributed by atoms with Gasteiger partial charge in [0.15, 0.2) is 0 Å². The molecule has 0 spiro atoms. The SMILES string of the molecule is CCN(CCO)CCCCC[C@H]1CC[C@H](N(C)C(=O)O)CC1. The van der Waals surface area contributed by atoms with E-state index >= 15 is 0 Å². The van der Waals surface area contributed by atoms with E-state index in [-0.39, 0.29) is 12.6 Å². The summed E-state index contributed by atoms with van der Waals surface area (Å²) in [5, 5.41) is 18.0. The molecule has 1 aliphatic rings. The lowest BCUT2D eigenvalue weighted by molar-refractivity contribution is 0.117. The second-order valence-electron chi connectivity index (χ2n) is 6.58. The molecule has 0 unspecified atom stereocenters. The molecule has 130 valence electrons. The lowest BCUT2D eigenvalue weighted by Gasteiger charge is -2.33. The molecule has 0 heterocycles.